The van der Waals surface area contributed by atoms with Crippen LogP contribution in [-0.4, -0.2) is 32.4 Å². The lowest BCUT2D eigenvalue weighted by atomic mass is 10.0. The third-order valence-corrected chi connectivity index (χ3v) is 2.08. The molecule has 1 aromatic rings. The predicted octanol–water partition coefficient (Wildman–Crippen LogP) is -0.0897. The molecule has 0 saturated carbocycles. The zero-order chi connectivity index (χ0) is 13.0. The van der Waals surface area contributed by atoms with E-state index < -0.39 is 23.9 Å². The van der Waals surface area contributed by atoms with Crippen LogP contribution in [-0.2, 0) is 4.79 Å². The number of phenols is 2. The molecule has 0 heterocycles. The molecular weight excluding hydrogens is 230 g/mol. The van der Waals surface area contributed by atoms with Crippen molar-refractivity contribution in [2.24, 2.45) is 16.2 Å². The Labute approximate surface area is 95.6 Å². The number of carboxylic acid groups (broad SMARTS) is 1. The average molecular weight is 241 g/mol. The number of benzene rings is 1. The Morgan fingerprint density at radius 3 is 2.41 bits per heavy atom. The van der Waals surface area contributed by atoms with Gasteiger partial charge in [-0.05, 0) is 17.7 Å². The highest BCUT2D eigenvalue weighted by Crippen LogP contribution is 2.29. The first-order valence-corrected chi connectivity index (χ1v) is 4.50. The Morgan fingerprint density at radius 2 is 1.94 bits per heavy atom. The third-order valence-electron chi connectivity index (χ3n) is 2.08. The summed E-state index contributed by atoms with van der Waals surface area (Å²) in [5.41, 5.74) is 0.0695. The van der Waals surface area contributed by atoms with Crippen molar-refractivity contribution in [2.45, 2.75) is 12.1 Å². The van der Waals surface area contributed by atoms with E-state index in [1.165, 1.54) is 6.07 Å². The molecule has 2 atom stereocenters. The maximum Gasteiger partial charge on any atom is 0.333 e. The van der Waals surface area contributed by atoms with Crippen molar-refractivity contribution in [2.75, 3.05) is 0 Å². The highest BCUT2D eigenvalue weighted by Gasteiger charge is 2.28. The maximum atomic E-state index is 10.8. The first-order valence-electron chi connectivity index (χ1n) is 4.50. The van der Waals surface area contributed by atoms with Crippen LogP contribution in [0.3, 0.4) is 0 Å². The average Bonchev–Trinajstić information content (AvgIpc) is 2.28. The van der Waals surface area contributed by atoms with Gasteiger partial charge < -0.3 is 26.3 Å². The molecule has 0 spiro atoms. The lowest BCUT2D eigenvalue weighted by molar-refractivity contribution is -0.141. The SMILES string of the molecule is NN=NC(C(=O)O)C(O)c1ccc(O)c(O)c1. The van der Waals surface area contributed by atoms with Gasteiger partial charge in [0.1, 0.15) is 6.10 Å². The van der Waals surface area contributed by atoms with Gasteiger partial charge in [0.05, 0.1) is 0 Å². The smallest absolute Gasteiger partial charge is 0.333 e. The lowest BCUT2D eigenvalue weighted by Gasteiger charge is -2.14. The van der Waals surface area contributed by atoms with Gasteiger partial charge in [0.15, 0.2) is 17.5 Å². The summed E-state index contributed by atoms with van der Waals surface area (Å²) in [6.07, 6.45) is -1.54. The Hall–Kier alpha value is -2.35. The zero-order valence-electron chi connectivity index (χ0n) is 8.56. The van der Waals surface area contributed by atoms with Crippen molar-refractivity contribution in [1.82, 2.24) is 0 Å². The van der Waals surface area contributed by atoms with Gasteiger partial charge in [0, 0.05) is 0 Å². The van der Waals surface area contributed by atoms with Crippen molar-refractivity contribution in [1.29, 1.82) is 0 Å². The van der Waals surface area contributed by atoms with E-state index in [1.54, 1.807) is 0 Å². The Morgan fingerprint density at radius 1 is 1.29 bits per heavy atom. The fourth-order valence-corrected chi connectivity index (χ4v) is 1.23. The number of aromatic hydroxyl groups is 2. The van der Waals surface area contributed by atoms with E-state index in [0.29, 0.717) is 0 Å². The minimum atomic E-state index is -1.58. The predicted molar refractivity (Wildman–Crippen MR) is 55.2 cm³/mol. The fraction of sp³-hybridized carbons (Fsp3) is 0.222. The maximum absolute atomic E-state index is 10.8. The molecule has 8 nitrogen and oxygen atoms in total. The first kappa shape index (κ1) is 12.7. The number of aliphatic hydroxyl groups is 1. The number of aliphatic hydroxyl groups excluding tert-OH is 1. The van der Waals surface area contributed by atoms with Crippen LogP contribution in [0, 0.1) is 0 Å². The minimum Gasteiger partial charge on any atom is -0.504 e. The van der Waals surface area contributed by atoms with E-state index in [0.717, 1.165) is 12.1 Å². The third kappa shape index (κ3) is 2.82. The van der Waals surface area contributed by atoms with E-state index in [-0.39, 0.29) is 11.3 Å². The molecular formula is C9H11N3O5. The van der Waals surface area contributed by atoms with Crippen molar-refractivity contribution < 1.29 is 25.2 Å². The molecule has 92 valence electrons. The van der Waals surface area contributed by atoms with E-state index in [2.05, 4.69) is 10.3 Å². The number of aliphatic carboxylic acids is 1. The Balaban J connectivity index is 3.04. The van der Waals surface area contributed by atoms with E-state index in [1.807, 2.05) is 0 Å². The molecule has 0 aliphatic heterocycles. The molecule has 6 N–H and O–H groups in total. The molecule has 0 saturated heterocycles. The van der Waals surface area contributed by atoms with Gasteiger partial charge in [0.25, 0.3) is 0 Å². The Kier molecular flexibility index (Phi) is 3.83. The van der Waals surface area contributed by atoms with Crippen LogP contribution in [0.15, 0.2) is 28.5 Å². The number of carbonyl (C=O) groups is 1. The normalized spacial score (nSPS) is 14.6. The summed E-state index contributed by atoms with van der Waals surface area (Å²) < 4.78 is 0. The summed E-state index contributed by atoms with van der Waals surface area (Å²) >= 11 is 0. The van der Waals surface area contributed by atoms with Crippen LogP contribution >= 0.6 is 0 Å². The largest absolute Gasteiger partial charge is 0.504 e. The second kappa shape index (κ2) is 5.12. The quantitative estimate of drug-likeness (QED) is 0.215. The monoisotopic (exact) mass is 241 g/mol. The highest BCUT2D eigenvalue weighted by molar-refractivity contribution is 5.74. The summed E-state index contributed by atoms with van der Waals surface area (Å²) in [6.45, 7) is 0. The van der Waals surface area contributed by atoms with Crippen molar-refractivity contribution in [3.05, 3.63) is 23.8 Å². The molecule has 1 rings (SSSR count). The van der Waals surface area contributed by atoms with Gasteiger partial charge in [0.2, 0.25) is 0 Å². The highest BCUT2D eigenvalue weighted by atomic mass is 16.4. The van der Waals surface area contributed by atoms with Gasteiger partial charge in [-0.3, -0.25) is 0 Å². The molecule has 0 aliphatic rings. The molecule has 0 bridgehead atoms. The topological polar surface area (TPSA) is 149 Å². The molecule has 0 aliphatic carbocycles. The summed E-state index contributed by atoms with van der Waals surface area (Å²) in [6, 6.07) is 1.82. The minimum absolute atomic E-state index is 0.0695. The van der Waals surface area contributed by atoms with Crippen molar-refractivity contribution in [3.8, 4) is 11.5 Å². The summed E-state index contributed by atoms with van der Waals surface area (Å²) in [4.78, 5) is 10.8. The van der Waals surface area contributed by atoms with Gasteiger partial charge in [-0.2, -0.15) is 5.11 Å². The van der Waals surface area contributed by atoms with Crippen LogP contribution in [0.5, 0.6) is 11.5 Å². The van der Waals surface area contributed by atoms with E-state index >= 15 is 0 Å². The van der Waals surface area contributed by atoms with Crippen LogP contribution in [0.25, 0.3) is 0 Å². The summed E-state index contributed by atoms with van der Waals surface area (Å²) in [5, 5.41) is 42.7. The number of nitrogens with two attached hydrogens (primary N) is 1. The van der Waals surface area contributed by atoms with Crippen LogP contribution < -0.4 is 5.84 Å². The number of phenolic OH excluding ortho intramolecular Hbond substituents is 2. The van der Waals surface area contributed by atoms with Crippen molar-refractivity contribution in [3.63, 3.8) is 0 Å². The molecule has 8 heteroatoms. The molecule has 2 unspecified atom stereocenters. The number of rotatable bonds is 4. The summed E-state index contributed by atoms with van der Waals surface area (Å²) in [5.74, 6) is 2.46. The second-order valence-corrected chi connectivity index (χ2v) is 3.21. The summed E-state index contributed by atoms with van der Waals surface area (Å²) in [7, 11) is 0. The first-order chi connectivity index (χ1) is 7.97. The van der Waals surface area contributed by atoms with Crippen LogP contribution in [0.4, 0.5) is 0 Å². The molecule has 17 heavy (non-hydrogen) atoms. The molecule has 1 aromatic carbocycles. The van der Waals surface area contributed by atoms with Gasteiger partial charge in [-0.1, -0.05) is 11.3 Å². The number of nitrogens with zero attached hydrogens (tertiary/aromatic N) is 2. The van der Waals surface area contributed by atoms with Gasteiger partial charge in [-0.15, -0.1) is 0 Å². The lowest BCUT2D eigenvalue weighted by Crippen LogP contribution is -2.26. The fourth-order valence-electron chi connectivity index (χ4n) is 1.23. The van der Waals surface area contributed by atoms with E-state index in [4.69, 9.17) is 16.1 Å². The van der Waals surface area contributed by atoms with E-state index in [9.17, 15) is 15.0 Å². The number of carboxylic acids is 1. The molecule has 0 radical (unpaired) electrons. The standard InChI is InChI=1S/C9H11N3O5/c10-12-11-7(9(16)17)8(15)4-1-2-5(13)6(14)3-4/h1-3,7-8,13-15H,(H2,10,11)(H,16,17). The molecule has 0 amide bonds. The molecule has 0 fully saturated rings. The molecule has 0 aromatic heterocycles. The van der Waals surface area contributed by atoms with Gasteiger partial charge in [-0.25, -0.2) is 4.79 Å². The zero-order valence-corrected chi connectivity index (χ0v) is 8.56. The van der Waals surface area contributed by atoms with Crippen LogP contribution in [0.2, 0.25) is 0 Å². The van der Waals surface area contributed by atoms with Crippen LogP contribution in [0.1, 0.15) is 11.7 Å². The van der Waals surface area contributed by atoms with Gasteiger partial charge >= 0.3 is 5.97 Å². The number of hydrogen-bond acceptors (Lipinski definition) is 6. The van der Waals surface area contributed by atoms with Crippen molar-refractivity contribution >= 4 is 5.97 Å². The second-order valence-electron chi connectivity index (χ2n) is 3.21. The Bertz CT molecular complexity index is 448. The number of hydrogen-bond donors (Lipinski definition) is 5.